The fourth-order valence-electron chi connectivity index (χ4n) is 2.94. The highest BCUT2D eigenvalue weighted by molar-refractivity contribution is 7.99. The minimum absolute atomic E-state index is 0.0805. The van der Waals surface area contributed by atoms with Crippen LogP contribution >= 0.6 is 23.1 Å². The van der Waals surface area contributed by atoms with E-state index in [-0.39, 0.29) is 23.3 Å². The average molecular weight is 427 g/mol. The van der Waals surface area contributed by atoms with Crippen molar-refractivity contribution in [2.75, 3.05) is 11.6 Å². The van der Waals surface area contributed by atoms with Crippen LogP contribution in [0.3, 0.4) is 0 Å². The first kappa shape index (κ1) is 19.3. The third kappa shape index (κ3) is 3.92. The molecule has 29 heavy (non-hydrogen) atoms. The highest BCUT2D eigenvalue weighted by Crippen LogP contribution is 2.31. The van der Waals surface area contributed by atoms with Gasteiger partial charge < -0.3 is 15.6 Å². The van der Waals surface area contributed by atoms with Crippen LogP contribution in [0, 0.1) is 0 Å². The summed E-state index contributed by atoms with van der Waals surface area (Å²) in [6, 6.07) is 12.9. The lowest BCUT2D eigenvalue weighted by molar-refractivity contribution is -0.119. The molecular formula is C20H18N4O3S2. The van der Waals surface area contributed by atoms with E-state index in [1.165, 1.54) is 11.3 Å². The van der Waals surface area contributed by atoms with Crippen molar-refractivity contribution < 1.29 is 9.21 Å². The molecule has 0 saturated carbocycles. The fourth-order valence-corrected chi connectivity index (χ4v) is 4.66. The Balaban J connectivity index is 1.54. The van der Waals surface area contributed by atoms with Gasteiger partial charge in [-0.3, -0.25) is 9.59 Å². The van der Waals surface area contributed by atoms with Gasteiger partial charge in [-0.2, -0.15) is 0 Å². The number of nitrogens with one attached hydrogen (secondary N) is 1. The maximum atomic E-state index is 12.9. The van der Waals surface area contributed by atoms with Gasteiger partial charge in [0, 0.05) is 10.9 Å². The lowest BCUT2D eigenvalue weighted by Crippen LogP contribution is -2.31. The molecule has 9 heteroatoms. The summed E-state index contributed by atoms with van der Waals surface area (Å²) in [5, 5.41) is 5.53. The normalized spacial score (nSPS) is 12.2. The highest BCUT2D eigenvalue weighted by Gasteiger charge is 2.18. The van der Waals surface area contributed by atoms with Crippen LogP contribution in [-0.4, -0.2) is 21.3 Å². The number of aromatic nitrogens is 2. The second kappa shape index (κ2) is 8.14. The Hall–Kier alpha value is -3.04. The number of thioether (sulfide) groups is 1. The fraction of sp³-hybridized carbons (Fsp3) is 0.150. The van der Waals surface area contributed by atoms with E-state index in [1.54, 1.807) is 18.4 Å². The number of hydrogen-bond donors (Lipinski definition) is 2. The number of rotatable bonds is 6. The van der Waals surface area contributed by atoms with Gasteiger partial charge in [-0.1, -0.05) is 42.1 Å². The lowest BCUT2D eigenvalue weighted by atomic mass is 10.1. The molecule has 3 N–H and O–H groups in total. The van der Waals surface area contributed by atoms with E-state index >= 15 is 0 Å². The molecule has 0 bridgehead atoms. The van der Waals surface area contributed by atoms with Crippen molar-refractivity contribution in [1.29, 1.82) is 0 Å². The number of carbonyl (C=O) groups excluding carboxylic acids is 1. The molecule has 3 heterocycles. The molecule has 4 rings (SSSR count). The van der Waals surface area contributed by atoms with Gasteiger partial charge in [0.25, 0.3) is 5.56 Å². The van der Waals surface area contributed by atoms with Crippen LogP contribution in [-0.2, 0) is 4.79 Å². The van der Waals surface area contributed by atoms with Gasteiger partial charge in [0.15, 0.2) is 5.16 Å². The Bertz CT molecular complexity index is 1200. The highest BCUT2D eigenvalue weighted by atomic mass is 32.2. The zero-order chi connectivity index (χ0) is 20.4. The summed E-state index contributed by atoms with van der Waals surface area (Å²) in [6.07, 6.45) is 1.56. The van der Waals surface area contributed by atoms with Gasteiger partial charge >= 0.3 is 0 Å². The van der Waals surface area contributed by atoms with Gasteiger partial charge in [0.05, 0.1) is 23.4 Å². The molecule has 148 valence electrons. The largest absolute Gasteiger partial charge is 0.467 e. The predicted molar refractivity (Wildman–Crippen MR) is 115 cm³/mol. The molecule has 7 nitrogen and oxygen atoms in total. The molecule has 0 aliphatic carbocycles. The summed E-state index contributed by atoms with van der Waals surface area (Å²) in [5.74, 6) is 6.55. The molecule has 1 atom stereocenters. The number of hydrogen-bond acceptors (Lipinski definition) is 7. The molecule has 0 saturated heterocycles. The van der Waals surface area contributed by atoms with Crippen molar-refractivity contribution in [2.45, 2.75) is 18.1 Å². The molecule has 4 aromatic rings. The molecule has 0 spiro atoms. The molecule has 3 aromatic heterocycles. The van der Waals surface area contributed by atoms with Crippen LogP contribution in [0.1, 0.15) is 18.7 Å². The topological polar surface area (TPSA) is 103 Å². The van der Waals surface area contributed by atoms with Crippen LogP contribution in [0.5, 0.6) is 0 Å². The Labute approximate surface area is 174 Å². The van der Waals surface area contributed by atoms with Gasteiger partial charge in [-0.05, 0) is 24.6 Å². The molecule has 0 aliphatic heterocycles. The number of nitrogen functional groups attached to an aromatic ring is 1. The quantitative estimate of drug-likeness (QED) is 0.278. The van der Waals surface area contributed by atoms with Gasteiger partial charge in [0.2, 0.25) is 5.91 Å². The van der Waals surface area contributed by atoms with Crippen LogP contribution in [0.15, 0.2) is 68.5 Å². The summed E-state index contributed by atoms with van der Waals surface area (Å²) in [4.78, 5) is 30.2. The van der Waals surface area contributed by atoms with Crippen molar-refractivity contribution in [2.24, 2.45) is 0 Å². The zero-order valence-corrected chi connectivity index (χ0v) is 17.1. The maximum Gasteiger partial charge on any atom is 0.282 e. The molecule has 0 fully saturated rings. The van der Waals surface area contributed by atoms with Crippen molar-refractivity contribution in [1.82, 2.24) is 15.0 Å². The summed E-state index contributed by atoms with van der Waals surface area (Å²) < 4.78 is 6.29. The molecule has 1 unspecified atom stereocenters. The van der Waals surface area contributed by atoms with Crippen molar-refractivity contribution in [3.8, 4) is 11.1 Å². The van der Waals surface area contributed by atoms with Crippen molar-refractivity contribution in [3.05, 3.63) is 70.2 Å². The second-order valence-corrected chi connectivity index (χ2v) is 8.16. The second-order valence-electron chi connectivity index (χ2n) is 6.36. The Morgan fingerprint density at radius 1 is 1.31 bits per heavy atom. The SMILES string of the molecule is CC(NC(=O)CSc1nc2scc(-c3ccccc3)c2c(=O)n1N)c1ccco1. The smallest absolute Gasteiger partial charge is 0.282 e. The first-order valence-corrected chi connectivity index (χ1v) is 10.7. The van der Waals surface area contributed by atoms with E-state index in [1.807, 2.05) is 42.6 Å². The monoisotopic (exact) mass is 426 g/mol. The van der Waals surface area contributed by atoms with Crippen molar-refractivity contribution in [3.63, 3.8) is 0 Å². The first-order valence-electron chi connectivity index (χ1n) is 8.85. The number of fused-ring (bicyclic) bond motifs is 1. The molecule has 1 amide bonds. The number of amides is 1. The standard InChI is InChI=1S/C20H18N4O3S2/c1-12(15-8-5-9-27-15)22-16(25)11-29-20-23-18-17(19(26)24(20)21)14(10-28-18)13-6-3-2-4-7-13/h2-10,12H,11,21H2,1H3,(H,22,25). The van der Waals surface area contributed by atoms with Crippen LogP contribution in [0.2, 0.25) is 0 Å². The number of benzene rings is 1. The van der Waals surface area contributed by atoms with E-state index in [2.05, 4.69) is 10.3 Å². The summed E-state index contributed by atoms with van der Waals surface area (Å²) in [5.41, 5.74) is 1.41. The van der Waals surface area contributed by atoms with Gasteiger partial charge in [-0.15, -0.1) is 11.3 Å². The lowest BCUT2D eigenvalue weighted by Gasteiger charge is -2.11. The summed E-state index contributed by atoms with van der Waals surface area (Å²) >= 11 is 2.50. The van der Waals surface area contributed by atoms with Crippen LogP contribution in [0.25, 0.3) is 21.3 Å². The number of thiophene rings is 1. The number of furan rings is 1. The van der Waals surface area contributed by atoms with Crippen LogP contribution < -0.4 is 16.7 Å². The van der Waals surface area contributed by atoms with Crippen LogP contribution in [0.4, 0.5) is 0 Å². The Kier molecular flexibility index (Phi) is 5.41. The Morgan fingerprint density at radius 3 is 2.83 bits per heavy atom. The van der Waals surface area contributed by atoms with Gasteiger partial charge in [0.1, 0.15) is 10.6 Å². The molecule has 1 aromatic carbocycles. The first-order chi connectivity index (χ1) is 14.0. The minimum atomic E-state index is -0.332. The number of nitrogens with two attached hydrogens (primary N) is 1. The van der Waals surface area contributed by atoms with E-state index in [0.717, 1.165) is 27.6 Å². The van der Waals surface area contributed by atoms with Gasteiger partial charge in [-0.25, -0.2) is 9.66 Å². The van der Waals surface area contributed by atoms with E-state index in [4.69, 9.17) is 10.3 Å². The summed E-state index contributed by atoms with van der Waals surface area (Å²) in [7, 11) is 0. The van der Waals surface area contributed by atoms with E-state index < -0.39 is 0 Å². The van der Waals surface area contributed by atoms with E-state index in [0.29, 0.717) is 21.1 Å². The zero-order valence-electron chi connectivity index (χ0n) is 15.5. The minimum Gasteiger partial charge on any atom is -0.467 e. The van der Waals surface area contributed by atoms with Crippen molar-refractivity contribution >= 4 is 39.2 Å². The summed E-state index contributed by atoms with van der Waals surface area (Å²) in [6.45, 7) is 1.83. The number of carbonyl (C=O) groups is 1. The third-order valence-electron chi connectivity index (χ3n) is 4.37. The third-order valence-corrected chi connectivity index (χ3v) is 6.20. The van der Waals surface area contributed by atoms with E-state index in [9.17, 15) is 9.59 Å². The molecular weight excluding hydrogens is 408 g/mol. The Morgan fingerprint density at radius 2 is 2.10 bits per heavy atom. The predicted octanol–water partition coefficient (Wildman–Crippen LogP) is 3.40. The maximum absolute atomic E-state index is 12.9. The molecule has 0 radical (unpaired) electrons. The average Bonchev–Trinajstić information content (AvgIpc) is 3.40. The molecule has 0 aliphatic rings. The number of nitrogens with zero attached hydrogens (tertiary/aromatic N) is 2.